The molecule has 0 bridgehead atoms. The average molecular weight is 508 g/mol. The molecule has 5 nitrogen and oxygen atoms in total. The van der Waals surface area contributed by atoms with Gasteiger partial charge in [-0.25, -0.2) is 0 Å². The van der Waals surface area contributed by atoms with Gasteiger partial charge in [0.15, 0.2) is 0 Å². The van der Waals surface area contributed by atoms with E-state index < -0.39 is 24.9 Å². The summed E-state index contributed by atoms with van der Waals surface area (Å²) in [5, 5.41) is 32.9. The molecule has 0 saturated carbocycles. The molecule has 0 radical (unpaired) electrons. The summed E-state index contributed by atoms with van der Waals surface area (Å²) >= 11 is 0. The summed E-state index contributed by atoms with van der Waals surface area (Å²) in [6.45, 7) is 4.04. The highest BCUT2D eigenvalue weighted by Gasteiger charge is 2.26. The molecule has 0 spiro atoms. The summed E-state index contributed by atoms with van der Waals surface area (Å²) in [6.07, 6.45) is 29.6. The van der Waals surface area contributed by atoms with Crippen LogP contribution in [0.3, 0.4) is 0 Å². The average Bonchev–Trinajstić information content (AvgIpc) is 2.88. The number of allylic oxidation sites excluding steroid dienone is 6. The van der Waals surface area contributed by atoms with Gasteiger partial charge in [-0.3, -0.25) is 4.79 Å². The number of unbranched alkanes of at least 4 members (excludes halogenated alkanes) is 11. The van der Waals surface area contributed by atoms with Crippen LogP contribution in [0.5, 0.6) is 0 Å². The second-order valence-corrected chi connectivity index (χ2v) is 9.94. The van der Waals surface area contributed by atoms with Crippen LogP contribution >= 0.6 is 0 Å². The van der Waals surface area contributed by atoms with Crippen LogP contribution in [0.15, 0.2) is 36.5 Å². The molecule has 0 aromatic heterocycles. The van der Waals surface area contributed by atoms with Crippen molar-refractivity contribution in [3.05, 3.63) is 36.5 Å². The molecule has 3 atom stereocenters. The Morgan fingerprint density at radius 3 is 1.81 bits per heavy atom. The molecular formula is C31H57NO4. The van der Waals surface area contributed by atoms with Crippen molar-refractivity contribution >= 4 is 5.91 Å². The van der Waals surface area contributed by atoms with Crippen LogP contribution in [-0.2, 0) is 4.79 Å². The number of carbonyl (C=O) groups is 1. The fraction of sp³-hybridized carbons (Fsp3) is 0.774. The summed E-state index contributed by atoms with van der Waals surface area (Å²) in [7, 11) is 0. The quantitative estimate of drug-likeness (QED) is 0.0798. The van der Waals surface area contributed by atoms with E-state index >= 15 is 0 Å². The van der Waals surface area contributed by atoms with Gasteiger partial charge >= 0.3 is 0 Å². The Morgan fingerprint density at radius 1 is 0.694 bits per heavy atom. The standard InChI is InChI=1S/C31H57NO4/c1-3-5-7-9-11-13-14-15-16-18-20-22-24-26-30(35)32-28(27-33)31(36)29(34)25-23-21-19-17-12-10-8-6-4-2/h15-17,19-20,22,28-29,31,33-34,36H,3-14,18,21,23-27H2,1-2H3,(H,32,35)/b16-15-,19-17+,22-20-. The predicted molar refractivity (Wildman–Crippen MR) is 153 cm³/mol. The zero-order valence-corrected chi connectivity index (χ0v) is 23.4. The van der Waals surface area contributed by atoms with Crippen LogP contribution in [0.1, 0.15) is 129 Å². The molecule has 0 saturated heterocycles. The van der Waals surface area contributed by atoms with Crippen molar-refractivity contribution in [2.75, 3.05) is 6.61 Å². The molecule has 0 rings (SSSR count). The molecule has 36 heavy (non-hydrogen) atoms. The predicted octanol–water partition coefficient (Wildman–Crippen LogP) is 6.92. The van der Waals surface area contributed by atoms with E-state index in [0.717, 1.165) is 32.1 Å². The maximum atomic E-state index is 12.2. The minimum atomic E-state index is -1.18. The summed E-state index contributed by atoms with van der Waals surface area (Å²) in [5.74, 6) is -0.227. The van der Waals surface area contributed by atoms with Crippen molar-refractivity contribution in [3.8, 4) is 0 Å². The number of aliphatic hydroxyl groups is 3. The van der Waals surface area contributed by atoms with Gasteiger partial charge in [-0.05, 0) is 57.8 Å². The molecule has 0 aliphatic heterocycles. The Bertz CT molecular complexity index is 573. The highest BCUT2D eigenvalue weighted by atomic mass is 16.3. The van der Waals surface area contributed by atoms with Gasteiger partial charge in [0.25, 0.3) is 0 Å². The van der Waals surface area contributed by atoms with Crippen LogP contribution < -0.4 is 5.32 Å². The lowest BCUT2D eigenvalue weighted by Crippen LogP contribution is -2.50. The molecule has 3 unspecified atom stereocenters. The van der Waals surface area contributed by atoms with E-state index in [-0.39, 0.29) is 5.91 Å². The van der Waals surface area contributed by atoms with Gasteiger partial charge in [0.1, 0.15) is 6.10 Å². The van der Waals surface area contributed by atoms with Gasteiger partial charge in [-0.2, -0.15) is 0 Å². The van der Waals surface area contributed by atoms with E-state index in [1.54, 1.807) is 0 Å². The molecule has 1 amide bonds. The third kappa shape index (κ3) is 21.8. The number of hydrogen-bond acceptors (Lipinski definition) is 4. The van der Waals surface area contributed by atoms with Crippen molar-refractivity contribution in [2.24, 2.45) is 0 Å². The van der Waals surface area contributed by atoms with Crippen molar-refractivity contribution < 1.29 is 20.1 Å². The third-order valence-corrected chi connectivity index (χ3v) is 6.48. The molecule has 4 N–H and O–H groups in total. The lowest BCUT2D eigenvalue weighted by atomic mass is 10.0. The second-order valence-electron chi connectivity index (χ2n) is 9.94. The monoisotopic (exact) mass is 507 g/mol. The Kier molecular flexibility index (Phi) is 25.6. The lowest BCUT2D eigenvalue weighted by molar-refractivity contribution is -0.124. The summed E-state index contributed by atoms with van der Waals surface area (Å²) in [5.41, 5.74) is 0. The van der Waals surface area contributed by atoms with Crippen molar-refractivity contribution in [1.82, 2.24) is 5.32 Å². The second kappa shape index (κ2) is 26.6. The van der Waals surface area contributed by atoms with E-state index in [2.05, 4.69) is 49.5 Å². The number of carbonyl (C=O) groups excluding carboxylic acids is 1. The number of aliphatic hydroxyl groups excluding tert-OH is 3. The van der Waals surface area contributed by atoms with E-state index in [4.69, 9.17) is 0 Å². The number of rotatable bonds is 25. The Hall–Kier alpha value is -1.43. The van der Waals surface area contributed by atoms with Gasteiger partial charge in [0, 0.05) is 6.42 Å². The lowest BCUT2D eigenvalue weighted by Gasteiger charge is -2.26. The topological polar surface area (TPSA) is 89.8 Å². The van der Waals surface area contributed by atoms with E-state index in [9.17, 15) is 20.1 Å². The molecule has 0 aliphatic rings. The van der Waals surface area contributed by atoms with Gasteiger partial charge in [0.05, 0.1) is 18.8 Å². The number of nitrogens with one attached hydrogen (secondary N) is 1. The summed E-state index contributed by atoms with van der Waals surface area (Å²) in [6, 6.07) is -0.851. The van der Waals surface area contributed by atoms with Crippen LogP contribution in [0, 0.1) is 0 Å². The van der Waals surface area contributed by atoms with E-state index in [1.807, 2.05) is 6.08 Å². The molecule has 0 aliphatic carbocycles. The van der Waals surface area contributed by atoms with Gasteiger partial charge < -0.3 is 20.6 Å². The summed E-state index contributed by atoms with van der Waals surface area (Å²) < 4.78 is 0. The van der Waals surface area contributed by atoms with Crippen LogP contribution in [0.2, 0.25) is 0 Å². The normalized spacial score (nSPS) is 14.7. The first-order valence-electron chi connectivity index (χ1n) is 14.8. The maximum absolute atomic E-state index is 12.2. The molecule has 5 heteroatoms. The van der Waals surface area contributed by atoms with Gasteiger partial charge in [-0.1, -0.05) is 102 Å². The van der Waals surface area contributed by atoms with Crippen molar-refractivity contribution in [3.63, 3.8) is 0 Å². The highest BCUT2D eigenvalue weighted by molar-refractivity contribution is 5.76. The molecule has 0 aromatic rings. The van der Waals surface area contributed by atoms with Crippen LogP contribution in [0.25, 0.3) is 0 Å². The summed E-state index contributed by atoms with van der Waals surface area (Å²) in [4.78, 5) is 12.2. The number of hydrogen-bond donors (Lipinski definition) is 4. The van der Waals surface area contributed by atoms with Gasteiger partial charge in [0.2, 0.25) is 5.91 Å². The largest absolute Gasteiger partial charge is 0.394 e. The molecule has 0 fully saturated rings. The SMILES string of the molecule is CCCCCC/C=C/CCCC(O)C(O)C(CO)NC(=O)CC/C=C\C/C=C\CCCCCCCC. The Morgan fingerprint density at radius 2 is 1.19 bits per heavy atom. The third-order valence-electron chi connectivity index (χ3n) is 6.48. The van der Waals surface area contributed by atoms with E-state index in [0.29, 0.717) is 19.3 Å². The first-order valence-corrected chi connectivity index (χ1v) is 14.8. The van der Waals surface area contributed by atoms with Crippen LogP contribution in [-0.4, -0.2) is 46.1 Å². The van der Waals surface area contributed by atoms with Crippen molar-refractivity contribution in [2.45, 2.75) is 148 Å². The fourth-order valence-corrected chi connectivity index (χ4v) is 4.09. The molecule has 210 valence electrons. The van der Waals surface area contributed by atoms with Gasteiger partial charge in [-0.15, -0.1) is 0 Å². The zero-order valence-electron chi connectivity index (χ0n) is 23.4. The van der Waals surface area contributed by atoms with E-state index in [1.165, 1.54) is 64.2 Å². The fourth-order valence-electron chi connectivity index (χ4n) is 4.09. The molecular weight excluding hydrogens is 450 g/mol. The van der Waals surface area contributed by atoms with Crippen LogP contribution in [0.4, 0.5) is 0 Å². The Balaban J connectivity index is 3.94. The first-order chi connectivity index (χ1) is 17.6. The molecule has 0 aromatic carbocycles. The first kappa shape index (κ1) is 34.6. The number of amides is 1. The smallest absolute Gasteiger partial charge is 0.220 e. The highest BCUT2D eigenvalue weighted by Crippen LogP contribution is 2.11. The zero-order chi connectivity index (χ0) is 26.7. The minimum absolute atomic E-state index is 0.227. The minimum Gasteiger partial charge on any atom is -0.394 e. The molecule has 0 heterocycles. The van der Waals surface area contributed by atoms with Crippen molar-refractivity contribution in [1.29, 1.82) is 0 Å². The Labute approximate surface area is 222 Å². The maximum Gasteiger partial charge on any atom is 0.220 e.